The zero-order chi connectivity index (χ0) is 28.8. The number of unbranched alkanes of at least 4 members (excludes halogenated alkanes) is 1. The van der Waals surface area contributed by atoms with Crippen molar-refractivity contribution in [2.45, 2.75) is 71.2 Å². The number of ether oxygens (including phenoxy) is 2. The highest BCUT2D eigenvalue weighted by atomic mass is 16.6. The van der Waals surface area contributed by atoms with Gasteiger partial charge in [-0.1, -0.05) is 55.8 Å². The van der Waals surface area contributed by atoms with Gasteiger partial charge in [0, 0.05) is 13.7 Å². The van der Waals surface area contributed by atoms with Crippen LogP contribution in [0, 0.1) is 0 Å². The summed E-state index contributed by atoms with van der Waals surface area (Å²) < 4.78 is 10.4. The van der Waals surface area contributed by atoms with Crippen LogP contribution in [0.15, 0.2) is 42.5 Å². The molecule has 0 aromatic heterocycles. The van der Waals surface area contributed by atoms with Crippen molar-refractivity contribution in [1.82, 2.24) is 21.4 Å². The van der Waals surface area contributed by atoms with E-state index in [-0.39, 0.29) is 13.2 Å². The number of hydrogen-bond donors (Lipinski definition) is 4. The fourth-order valence-corrected chi connectivity index (χ4v) is 3.61. The van der Waals surface area contributed by atoms with E-state index in [0.717, 1.165) is 29.2 Å². The topological polar surface area (TPSA) is 144 Å². The first-order valence-corrected chi connectivity index (χ1v) is 13.0. The Morgan fingerprint density at radius 2 is 1.64 bits per heavy atom. The molecule has 0 heterocycles. The lowest BCUT2D eigenvalue weighted by Gasteiger charge is -2.25. The van der Waals surface area contributed by atoms with Crippen molar-refractivity contribution < 1.29 is 33.5 Å². The van der Waals surface area contributed by atoms with Crippen molar-refractivity contribution in [2.75, 3.05) is 20.3 Å². The van der Waals surface area contributed by atoms with Crippen molar-refractivity contribution in [3.05, 3.63) is 48.0 Å². The molecule has 0 bridgehead atoms. The first-order chi connectivity index (χ1) is 18.5. The lowest BCUT2D eigenvalue weighted by atomic mass is 10.0. The van der Waals surface area contributed by atoms with Crippen LogP contribution in [0.2, 0.25) is 0 Å². The van der Waals surface area contributed by atoms with Crippen LogP contribution in [0.4, 0.5) is 4.79 Å². The fourth-order valence-electron chi connectivity index (χ4n) is 3.61. The molecule has 4 N–H and O–H groups in total. The molecule has 2 aromatic carbocycles. The maximum absolute atomic E-state index is 13.2. The average Bonchev–Trinajstić information content (AvgIpc) is 2.88. The third-order valence-corrected chi connectivity index (χ3v) is 5.48. The molecular weight excluding hydrogens is 504 g/mol. The molecule has 0 unspecified atom stereocenters. The maximum atomic E-state index is 13.2. The third-order valence-electron chi connectivity index (χ3n) is 5.48. The molecule has 39 heavy (non-hydrogen) atoms. The minimum Gasteiger partial charge on any atom is -0.444 e. The normalized spacial score (nSPS) is 12.7. The van der Waals surface area contributed by atoms with Crippen LogP contribution in [0.5, 0.6) is 0 Å². The van der Waals surface area contributed by atoms with Gasteiger partial charge < -0.3 is 25.4 Å². The average molecular weight is 545 g/mol. The smallest absolute Gasteiger partial charge is 0.408 e. The summed E-state index contributed by atoms with van der Waals surface area (Å²) in [6.07, 6.45) is 0.303. The monoisotopic (exact) mass is 544 g/mol. The van der Waals surface area contributed by atoms with Crippen molar-refractivity contribution in [2.24, 2.45) is 0 Å². The molecule has 0 spiro atoms. The van der Waals surface area contributed by atoms with E-state index in [1.54, 1.807) is 20.8 Å². The number of methoxy groups -OCH3 is 1. The van der Waals surface area contributed by atoms with E-state index in [1.807, 2.05) is 49.4 Å². The SMILES string of the molecule is CCCCONC(=O)C[C@H](NC(=O)OC(C)(C)C)C(=O)N[C@@H](COC)C(=O)NCc1cccc2ccccc12. The lowest BCUT2D eigenvalue weighted by molar-refractivity contribution is -0.137. The predicted molar refractivity (Wildman–Crippen MR) is 146 cm³/mol. The number of benzene rings is 2. The van der Waals surface area contributed by atoms with Crippen LogP contribution in [0.1, 0.15) is 52.5 Å². The van der Waals surface area contributed by atoms with E-state index in [9.17, 15) is 19.2 Å². The minimum absolute atomic E-state index is 0.126. The number of hydrogen-bond acceptors (Lipinski definition) is 7. The van der Waals surface area contributed by atoms with Crippen molar-refractivity contribution >= 4 is 34.6 Å². The Labute approximate surface area is 229 Å². The summed E-state index contributed by atoms with van der Waals surface area (Å²) in [7, 11) is 1.40. The number of alkyl carbamates (subject to hydrolysis) is 1. The Bertz CT molecular complexity index is 1110. The van der Waals surface area contributed by atoms with Gasteiger partial charge in [0.05, 0.1) is 19.6 Å². The van der Waals surface area contributed by atoms with Crippen molar-refractivity contribution in [3.8, 4) is 0 Å². The molecule has 0 saturated carbocycles. The summed E-state index contributed by atoms with van der Waals surface area (Å²) in [6.45, 7) is 7.41. The van der Waals surface area contributed by atoms with Crippen LogP contribution >= 0.6 is 0 Å². The second-order valence-corrected chi connectivity index (χ2v) is 10.0. The molecule has 214 valence electrons. The molecule has 0 aliphatic heterocycles. The molecule has 4 amide bonds. The molecule has 0 aliphatic rings. The van der Waals surface area contributed by atoms with Gasteiger partial charge in [-0.15, -0.1) is 0 Å². The van der Waals surface area contributed by atoms with Crippen LogP contribution in [0.25, 0.3) is 10.8 Å². The van der Waals surface area contributed by atoms with Gasteiger partial charge in [-0.05, 0) is 43.5 Å². The van der Waals surface area contributed by atoms with Crippen LogP contribution in [-0.4, -0.2) is 61.8 Å². The fraction of sp³-hybridized carbons (Fsp3) is 0.500. The number of amides is 4. The van der Waals surface area contributed by atoms with Gasteiger partial charge in [0.1, 0.15) is 17.7 Å². The number of nitrogens with one attached hydrogen (secondary N) is 4. The summed E-state index contributed by atoms with van der Waals surface area (Å²) >= 11 is 0. The zero-order valence-corrected chi connectivity index (χ0v) is 23.3. The molecule has 0 aliphatic carbocycles. The number of carbonyl (C=O) groups is 4. The molecule has 2 aromatic rings. The Hall–Kier alpha value is -3.70. The van der Waals surface area contributed by atoms with Gasteiger partial charge in [0.15, 0.2) is 0 Å². The van der Waals surface area contributed by atoms with E-state index in [2.05, 4.69) is 21.4 Å². The predicted octanol–water partition coefficient (Wildman–Crippen LogP) is 2.72. The molecule has 0 fully saturated rings. The third kappa shape index (κ3) is 11.3. The van der Waals surface area contributed by atoms with E-state index >= 15 is 0 Å². The molecule has 2 rings (SSSR count). The number of fused-ring (bicyclic) bond motifs is 1. The second-order valence-electron chi connectivity index (χ2n) is 10.0. The van der Waals surface area contributed by atoms with Gasteiger partial charge in [0.2, 0.25) is 17.7 Å². The van der Waals surface area contributed by atoms with Gasteiger partial charge >= 0.3 is 6.09 Å². The molecule has 0 radical (unpaired) electrons. The first kappa shape index (κ1) is 31.5. The van der Waals surface area contributed by atoms with Crippen molar-refractivity contribution in [3.63, 3.8) is 0 Å². The zero-order valence-electron chi connectivity index (χ0n) is 23.3. The minimum atomic E-state index is -1.33. The Morgan fingerprint density at radius 1 is 0.923 bits per heavy atom. The van der Waals surface area contributed by atoms with Crippen molar-refractivity contribution in [1.29, 1.82) is 0 Å². The molecule has 0 saturated heterocycles. The molecule has 2 atom stereocenters. The summed E-state index contributed by atoms with van der Waals surface area (Å²) in [5, 5.41) is 9.85. The van der Waals surface area contributed by atoms with E-state index in [4.69, 9.17) is 14.3 Å². The van der Waals surface area contributed by atoms with E-state index in [0.29, 0.717) is 6.61 Å². The Morgan fingerprint density at radius 3 is 2.33 bits per heavy atom. The maximum Gasteiger partial charge on any atom is 0.408 e. The van der Waals surface area contributed by atoms with Crippen LogP contribution < -0.4 is 21.4 Å². The summed E-state index contributed by atoms with van der Waals surface area (Å²) in [6, 6.07) is 11.2. The summed E-state index contributed by atoms with van der Waals surface area (Å²) in [5.41, 5.74) is 2.35. The van der Waals surface area contributed by atoms with E-state index in [1.165, 1.54) is 7.11 Å². The number of rotatable bonds is 14. The highest BCUT2D eigenvalue weighted by Crippen LogP contribution is 2.18. The Kier molecular flexibility index (Phi) is 12.6. The number of hydroxylamine groups is 1. The molecule has 11 heteroatoms. The first-order valence-electron chi connectivity index (χ1n) is 13.0. The van der Waals surface area contributed by atoms with Gasteiger partial charge in [-0.2, -0.15) is 0 Å². The van der Waals surface area contributed by atoms with Crippen LogP contribution in [-0.2, 0) is 35.2 Å². The molecular formula is C28H40N4O7. The van der Waals surface area contributed by atoms with Gasteiger partial charge in [0.25, 0.3) is 0 Å². The Balaban J connectivity index is 2.09. The number of carbonyl (C=O) groups excluding carboxylic acids is 4. The van der Waals surface area contributed by atoms with Crippen LogP contribution in [0.3, 0.4) is 0 Å². The summed E-state index contributed by atoms with van der Waals surface area (Å²) in [5.74, 6) is -1.86. The standard InChI is InChI=1S/C28H40N4O7/c1-6-7-15-38-32-24(33)16-22(31-27(36)39-28(2,3)4)26(35)30-23(18-37-5)25(34)29-17-20-13-10-12-19-11-8-9-14-21(19)20/h8-14,22-23H,6-7,15-18H2,1-5H3,(H,29,34)(H,30,35)(H,31,36)(H,32,33)/t22-,23-/m0/s1. The van der Waals surface area contributed by atoms with Gasteiger partial charge in [-0.25, -0.2) is 10.3 Å². The second kappa shape index (κ2) is 15.6. The molecule has 11 nitrogen and oxygen atoms in total. The highest BCUT2D eigenvalue weighted by Gasteiger charge is 2.30. The largest absolute Gasteiger partial charge is 0.444 e. The quantitative estimate of drug-likeness (QED) is 0.211. The van der Waals surface area contributed by atoms with E-state index < -0.39 is 47.9 Å². The lowest BCUT2D eigenvalue weighted by Crippen LogP contribution is -2.56. The summed E-state index contributed by atoms with van der Waals surface area (Å²) in [4.78, 5) is 56.1. The van der Waals surface area contributed by atoms with Gasteiger partial charge in [-0.3, -0.25) is 19.2 Å². The highest BCUT2D eigenvalue weighted by molar-refractivity contribution is 5.94.